The summed E-state index contributed by atoms with van der Waals surface area (Å²) in [6.45, 7) is 0. The predicted molar refractivity (Wildman–Crippen MR) is 69.6 cm³/mol. The summed E-state index contributed by atoms with van der Waals surface area (Å²) in [4.78, 5) is 0. The minimum Gasteiger partial charge on any atom is -0.383 e. The normalized spacial score (nSPS) is 12.2. The van der Waals surface area contributed by atoms with Crippen LogP contribution in [0.25, 0.3) is 17.0 Å². The molecular weight excluding hydrogens is 309 g/mol. The van der Waals surface area contributed by atoms with Crippen molar-refractivity contribution in [2.45, 2.75) is 6.18 Å². The number of halogens is 4. The van der Waals surface area contributed by atoms with E-state index in [-0.39, 0.29) is 22.3 Å². The molecule has 3 aromatic rings. The maximum atomic E-state index is 12.9. The van der Waals surface area contributed by atoms with E-state index < -0.39 is 11.7 Å². The highest BCUT2D eigenvalue weighted by Crippen LogP contribution is 2.34. The van der Waals surface area contributed by atoms with Crippen LogP contribution in [-0.2, 0) is 13.2 Å². The van der Waals surface area contributed by atoms with Crippen molar-refractivity contribution in [1.82, 2.24) is 24.4 Å². The Balaban J connectivity index is 2.30. The maximum Gasteiger partial charge on any atom is 0.417 e. The number of hydrogen-bond donors (Lipinski definition) is 1. The first-order chi connectivity index (χ1) is 9.79. The van der Waals surface area contributed by atoms with Gasteiger partial charge in [-0.2, -0.15) is 18.3 Å². The fourth-order valence-electron chi connectivity index (χ4n) is 1.91. The molecule has 0 spiro atoms. The van der Waals surface area contributed by atoms with Gasteiger partial charge in [0.15, 0.2) is 11.5 Å². The van der Waals surface area contributed by atoms with E-state index in [9.17, 15) is 13.2 Å². The van der Waals surface area contributed by atoms with Gasteiger partial charge in [0.25, 0.3) is 0 Å². The first-order valence-corrected chi connectivity index (χ1v) is 6.06. The highest BCUT2D eigenvalue weighted by Gasteiger charge is 2.32. The molecule has 0 atom stereocenters. The largest absolute Gasteiger partial charge is 0.417 e. The first-order valence-electron chi connectivity index (χ1n) is 5.68. The van der Waals surface area contributed by atoms with Gasteiger partial charge in [0, 0.05) is 13.2 Å². The number of nitrogen functional groups attached to an aromatic ring is 1. The number of hydrogen-bond acceptors (Lipinski definition) is 4. The number of nitrogens with zero attached hydrogens (tertiary/aromatic N) is 5. The molecule has 3 aromatic heterocycles. The molecule has 0 saturated heterocycles. The van der Waals surface area contributed by atoms with Gasteiger partial charge in [-0.15, -0.1) is 10.2 Å². The molecule has 0 aliphatic rings. The van der Waals surface area contributed by atoms with Crippen LogP contribution in [0, 0.1) is 0 Å². The van der Waals surface area contributed by atoms with Crippen molar-refractivity contribution < 1.29 is 13.2 Å². The molecule has 0 radical (unpaired) electrons. The summed E-state index contributed by atoms with van der Waals surface area (Å²) in [5.41, 5.74) is 5.40. The van der Waals surface area contributed by atoms with E-state index in [0.717, 1.165) is 16.7 Å². The summed E-state index contributed by atoms with van der Waals surface area (Å²) in [7, 11) is 1.61. The number of aryl methyl sites for hydroxylation is 1. The van der Waals surface area contributed by atoms with Crippen LogP contribution in [0.5, 0.6) is 0 Å². The average Bonchev–Trinajstić information content (AvgIpc) is 2.94. The molecule has 6 nitrogen and oxygen atoms in total. The molecule has 3 heterocycles. The lowest BCUT2D eigenvalue weighted by molar-refractivity contribution is -0.137. The van der Waals surface area contributed by atoms with Crippen molar-refractivity contribution in [2.75, 3.05) is 5.73 Å². The zero-order valence-corrected chi connectivity index (χ0v) is 11.3. The Kier molecular flexibility index (Phi) is 2.84. The highest BCUT2D eigenvalue weighted by atomic mass is 35.5. The Labute approximate surface area is 120 Å². The van der Waals surface area contributed by atoms with Crippen molar-refractivity contribution in [1.29, 1.82) is 0 Å². The highest BCUT2D eigenvalue weighted by molar-refractivity contribution is 6.33. The Morgan fingerprint density at radius 3 is 2.57 bits per heavy atom. The number of rotatable bonds is 1. The molecule has 10 heteroatoms. The minimum absolute atomic E-state index is 0.114. The van der Waals surface area contributed by atoms with Gasteiger partial charge in [-0.1, -0.05) is 11.6 Å². The van der Waals surface area contributed by atoms with Crippen LogP contribution in [0.1, 0.15) is 5.56 Å². The molecule has 2 N–H and O–H groups in total. The van der Waals surface area contributed by atoms with Gasteiger partial charge in [0.2, 0.25) is 0 Å². The fourth-order valence-corrected chi connectivity index (χ4v) is 2.16. The van der Waals surface area contributed by atoms with Gasteiger partial charge < -0.3 is 5.73 Å². The Hall–Kier alpha value is -2.29. The standard InChI is InChI=1S/C11H8ClF3N6/c1-20-8(16)6(3-17-20)9-18-19-10-7(12)2-5(4-21(9)10)11(13,14)15/h2-4H,16H2,1H3. The van der Waals surface area contributed by atoms with Crippen LogP contribution >= 0.6 is 11.6 Å². The lowest BCUT2D eigenvalue weighted by Crippen LogP contribution is -2.07. The van der Waals surface area contributed by atoms with Gasteiger partial charge in [0.1, 0.15) is 5.82 Å². The fraction of sp³-hybridized carbons (Fsp3) is 0.182. The Morgan fingerprint density at radius 1 is 1.29 bits per heavy atom. The summed E-state index contributed by atoms with van der Waals surface area (Å²) < 4.78 is 41.1. The maximum absolute atomic E-state index is 12.9. The van der Waals surface area contributed by atoms with Gasteiger partial charge in [-0.3, -0.25) is 9.08 Å². The third-order valence-corrected chi connectivity index (χ3v) is 3.29. The molecule has 0 unspecified atom stereocenters. The van der Waals surface area contributed by atoms with Crippen molar-refractivity contribution >= 4 is 23.1 Å². The third-order valence-electron chi connectivity index (χ3n) is 3.01. The van der Waals surface area contributed by atoms with E-state index in [2.05, 4.69) is 15.3 Å². The van der Waals surface area contributed by atoms with Gasteiger partial charge >= 0.3 is 6.18 Å². The average molecular weight is 317 g/mol. The van der Waals surface area contributed by atoms with Crippen LogP contribution in [0.4, 0.5) is 19.0 Å². The number of alkyl halides is 3. The zero-order valence-electron chi connectivity index (χ0n) is 10.6. The summed E-state index contributed by atoms with van der Waals surface area (Å²) in [6, 6.07) is 0.807. The lowest BCUT2D eigenvalue weighted by Gasteiger charge is -2.08. The first kappa shape index (κ1) is 13.7. The molecule has 110 valence electrons. The van der Waals surface area contributed by atoms with E-state index in [1.54, 1.807) is 7.05 Å². The van der Waals surface area contributed by atoms with Gasteiger partial charge in [-0.25, -0.2) is 0 Å². The zero-order chi connectivity index (χ0) is 15.4. The summed E-state index contributed by atoms with van der Waals surface area (Å²) in [5.74, 6) is 0.404. The second-order valence-corrected chi connectivity index (χ2v) is 4.77. The summed E-state index contributed by atoms with van der Waals surface area (Å²) in [6.07, 6.45) is -2.25. The molecule has 3 rings (SSSR count). The summed E-state index contributed by atoms with van der Waals surface area (Å²) >= 11 is 5.84. The number of pyridine rings is 1. The number of aromatic nitrogens is 5. The van der Waals surface area contributed by atoms with E-state index in [1.807, 2.05) is 0 Å². The third kappa shape index (κ3) is 2.09. The van der Waals surface area contributed by atoms with Crippen molar-refractivity contribution in [3.8, 4) is 11.4 Å². The second kappa shape index (κ2) is 4.35. The molecule has 0 aliphatic heterocycles. The molecule has 21 heavy (non-hydrogen) atoms. The predicted octanol–water partition coefficient (Wildman–Crippen LogP) is 2.38. The van der Waals surface area contributed by atoms with Crippen LogP contribution < -0.4 is 5.73 Å². The number of anilines is 1. The molecule has 0 bridgehead atoms. The number of nitrogens with two attached hydrogens (primary N) is 1. The van der Waals surface area contributed by atoms with E-state index >= 15 is 0 Å². The second-order valence-electron chi connectivity index (χ2n) is 4.36. The SMILES string of the molecule is Cn1ncc(-c2nnc3c(Cl)cc(C(F)(F)F)cn23)c1N. The quantitative estimate of drug-likeness (QED) is 0.748. The molecule has 0 saturated carbocycles. The molecule has 0 fully saturated rings. The Bertz CT molecular complexity index is 834. The van der Waals surface area contributed by atoms with Crippen LogP contribution in [0.2, 0.25) is 5.02 Å². The topological polar surface area (TPSA) is 74.0 Å². The van der Waals surface area contributed by atoms with Gasteiger partial charge in [-0.05, 0) is 6.07 Å². The Morgan fingerprint density at radius 2 is 2.00 bits per heavy atom. The van der Waals surface area contributed by atoms with Crippen molar-refractivity contribution in [2.24, 2.45) is 7.05 Å². The minimum atomic E-state index is -4.53. The van der Waals surface area contributed by atoms with Crippen LogP contribution in [-0.4, -0.2) is 24.4 Å². The molecular formula is C11H8ClF3N6. The van der Waals surface area contributed by atoms with E-state index in [4.69, 9.17) is 17.3 Å². The van der Waals surface area contributed by atoms with E-state index in [0.29, 0.717) is 5.56 Å². The monoisotopic (exact) mass is 316 g/mol. The molecule has 0 aliphatic carbocycles. The van der Waals surface area contributed by atoms with Crippen LogP contribution in [0.3, 0.4) is 0 Å². The van der Waals surface area contributed by atoms with E-state index in [1.165, 1.54) is 10.9 Å². The molecule has 0 amide bonds. The van der Waals surface area contributed by atoms with Crippen molar-refractivity contribution in [3.63, 3.8) is 0 Å². The summed E-state index contributed by atoms with van der Waals surface area (Å²) in [5, 5.41) is 11.4. The molecule has 0 aromatic carbocycles. The van der Waals surface area contributed by atoms with Gasteiger partial charge in [0.05, 0.1) is 22.3 Å². The number of fused-ring (bicyclic) bond motifs is 1. The van der Waals surface area contributed by atoms with Crippen LogP contribution in [0.15, 0.2) is 18.5 Å². The smallest absolute Gasteiger partial charge is 0.383 e. The van der Waals surface area contributed by atoms with Crippen molar-refractivity contribution in [3.05, 3.63) is 29.0 Å². The lowest BCUT2D eigenvalue weighted by atomic mass is 10.2.